The fourth-order valence-corrected chi connectivity index (χ4v) is 2.76. The van der Waals surface area contributed by atoms with Crippen LogP contribution in [0.5, 0.6) is 0 Å². The van der Waals surface area contributed by atoms with E-state index in [1.54, 1.807) is 0 Å². The fourth-order valence-electron chi connectivity index (χ4n) is 2.76. The number of likely N-dealkylation sites (tertiary alicyclic amines) is 1. The first kappa shape index (κ1) is 14.0. The molecule has 96 valence electrons. The fraction of sp³-hybridized carbons (Fsp3) is 1.00. The number of hydrogen-bond donors (Lipinski definition) is 1. The number of piperidine rings is 1. The van der Waals surface area contributed by atoms with Crippen molar-refractivity contribution in [2.45, 2.75) is 52.9 Å². The lowest BCUT2D eigenvalue weighted by Crippen LogP contribution is -2.45. The van der Waals surface area contributed by atoms with E-state index in [0.717, 1.165) is 6.54 Å². The number of hydrogen-bond acceptors (Lipinski definition) is 2. The van der Waals surface area contributed by atoms with Gasteiger partial charge in [-0.05, 0) is 50.7 Å². The van der Waals surface area contributed by atoms with Gasteiger partial charge in [0.15, 0.2) is 0 Å². The summed E-state index contributed by atoms with van der Waals surface area (Å²) in [6.45, 7) is 13.1. The third kappa shape index (κ3) is 4.06. The molecule has 1 saturated heterocycles. The van der Waals surface area contributed by atoms with Gasteiger partial charge in [0.2, 0.25) is 0 Å². The van der Waals surface area contributed by atoms with Gasteiger partial charge in [0, 0.05) is 13.1 Å². The Balaban J connectivity index is 2.46. The maximum atomic E-state index is 3.55. The van der Waals surface area contributed by atoms with Crippen LogP contribution < -0.4 is 5.32 Å². The summed E-state index contributed by atoms with van der Waals surface area (Å²) in [5.41, 5.74) is 0.507. The smallest absolute Gasteiger partial charge is 0.00499 e. The third-order valence-corrected chi connectivity index (χ3v) is 4.26. The van der Waals surface area contributed by atoms with Crippen LogP contribution in [0.3, 0.4) is 0 Å². The molecule has 1 aliphatic heterocycles. The Morgan fingerprint density at radius 1 is 1.00 bits per heavy atom. The van der Waals surface area contributed by atoms with Crippen molar-refractivity contribution in [3.05, 3.63) is 0 Å². The molecule has 0 unspecified atom stereocenters. The number of nitrogens with one attached hydrogen (secondary N) is 1. The third-order valence-electron chi connectivity index (χ3n) is 4.26. The largest absolute Gasteiger partial charge is 0.316 e. The molecule has 0 spiro atoms. The molecule has 0 aromatic carbocycles. The summed E-state index contributed by atoms with van der Waals surface area (Å²) >= 11 is 0. The van der Waals surface area contributed by atoms with Gasteiger partial charge in [-0.3, -0.25) is 0 Å². The zero-order valence-corrected chi connectivity index (χ0v) is 11.5. The molecule has 16 heavy (non-hydrogen) atoms. The van der Waals surface area contributed by atoms with E-state index < -0.39 is 0 Å². The Kier molecular flexibility index (Phi) is 6.37. The maximum Gasteiger partial charge on any atom is 0.00499 e. The van der Waals surface area contributed by atoms with Gasteiger partial charge in [0.05, 0.1) is 0 Å². The van der Waals surface area contributed by atoms with Crippen LogP contribution in [0.1, 0.15) is 52.9 Å². The van der Waals surface area contributed by atoms with Crippen LogP contribution in [0.25, 0.3) is 0 Å². The van der Waals surface area contributed by atoms with Crippen molar-refractivity contribution >= 4 is 0 Å². The Morgan fingerprint density at radius 3 is 2.12 bits per heavy atom. The van der Waals surface area contributed by atoms with Crippen molar-refractivity contribution in [3.8, 4) is 0 Å². The standard InChI is InChI=1S/C14H30N2/c1-4-14(5-2,12-15-6-3)13-16-10-8-7-9-11-16/h15H,4-13H2,1-3H3. The lowest BCUT2D eigenvalue weighted by Gasteiger charge is -2.39. The van der Waals surface area contributed by atoms with Crippen LogP contribution in [0.4, 0.5) is 0 Å². The summed E-state index contributed by atoms with van der Waals surface area (Å²) in [6.07, 6.45) is 6.85. The summed E-state index contributed by atoms with van der Waals surface area (Å²) in [6, 6.07) is 0. The Morgan fingerprint density at radius 2 is 1.62 bits per heavy atom. The summed E-state index contributed by atoms with van der Waals surface area (Å²) in [5, 5.41) is 3.55. The minimum absolute atomic E-state index is 0.507. The van der Waals surface area contributed by atoms with E-state index in [-0.39, 0.29) is 0 Å². The Hall–Kier alpha value is -0.0800. The molecule has 0 radical (unpaired) electrons. The molecule has 2 heteroatoms. The van der Waals surface area contributed by atoms with Gasteiger partial charge >= 0.3 is 0 Å². The van der Waals surface area contributed by atoms with Crippen LogP contribution in [-0.4, -0.2) is 37.6 Å². The monoisotopic (exact) mass is 226 g/mol. The second-order valence-corrected chi connectivity index (χ2v) is 5.32. The Labute approximate surface area is 102 Å². The first-order valence-electron chi connectivity index (χ1n) is 7.19. The van der Waals surface area contributed by atoms with Crippen LogP contribution in [0.15, 0.2) is 0 Å². The van der Waals surface area contributed by atoms with E-state index >= 15 is 0 Å². The van der Waals surface area contributed by atoms with E-state index in [4.69, 9.17) is 0 Å². The number of nitrogens with zero attached hydrogens (tertiary/aromatic N) is 1. The van der Waals surface area contributed by atoms with Gasteiger partial charge in [-0.25, -0.2) is 0 Å². The zero-order chi connectivity index (χ0) is 11.9. The van der Waals surface area contributed by atoms with Crippen molar-refractivity contribution in [1.29, 1.82) is 0 Å². The van der Waals surface area contributed by atoms with E-state index in [1.807, 2.05) is 0 Å². The average molecular weight is 226 g/mol. The maximum absolute atomic E-state index is 3.55. The molecule has 0 aliphatic carbocycles. The van der Waals surface area contributed by atoms with Crippen molar-refractivity contribution in [2.24, 2.45) is 5.41 Å². The second kappa shape index (κ2) is 7.29. The minimum atomic E-state index is 0.507. The molecule has 0 bridgehead atoms. The molecule has 0 saturated carbocycles. The predicted molar refractivity (Wildman–Crippen MR) is 71.8 cm³/mol. The topological polar surface area (TPSA) is 15.3 Å². The number of rotatable bonds is 7. The van der Waals surface area contributed by atoms with Crippen LogP contribution in [0, 0.1) is 5.41 Å². The van der Waals surface area contributed by atoms with Gasteiger partial charge < -0.3 is 10.2 Å². The highest BCUT2D eigenvalue weighted by Gasteiger charge is 2.28. The normalized spacial score (nSPS) is 18.9. The predicted octanol–water partition coefficient (Wildman–Crippen LogP) is 2.89. The lowest BCUT2D eigenvalue weighted by molar-refractivity contribution is 0.118. The molecule has 1 rings (SSSR count). The molecule has 0 aromatic heterocycles. The van der Waals surface area contributed by atoms with Crippen molar-refractivity contribution in [1.82, 2.24) is 10.2 Å². The summed E-state index contributed by atoms with van der Waals surface area (Å²) in [5.74, 6) is 0. The van der Waals surface area contributed by atoms with Crippen LogP contribution in [0.2, 0.25) is 0 Å². The van der Waals surface area contributed by atoms with Gasteiger partial charge in [0.25, 0.3) is 0 Å². The average Bonchev–Trinajstić information content (AvgIpc) is 2.36. The Bertz CT molecular complexity index is 170. The van der Waals surface area contributed by atoms with Gasteiger partial charge in [-0.1, -0.05) is 27.2 Å². The van der Waals surface area contributed by atoms with E-state index in [9.17, 15) is 0 Å². The molecule has 0 aromatic rings. The SMILES string of the molecule is CCNCC(CC)(CC)CN1CCCCC1. The summed E-state index contributed by atoms with van der Waals surface area (Å²) < 4.78 is 0. The molecular formula is C14H30N2. The molecule has 0 atom stereocenters. The van der Waals surface area contributed by atoms with Gasteiger partial charge in [-0.2, -0.15) is 0 Å². The summed E-state index contributed by atoms with van der Waals surface area (Å²) in [4.78, 5) is 2.69. The van der Waals surface area contributed by atoms with Crippen molar-refractivity contribution < 1.29 is 0 Å². The van der Waals surface area contributed by atoms with Crippen molar-refractivity contribution in [2.75, 3.05) is 32.7 Å². The molecule has 1 heterocycles. The van der Waals surface area contributed by atoms with E-state index in [0.29, 0.717) is 5.41 Å². The lowest BCUT2D eigenvalue weighted by atomic mass is 9.81. The van der Waals surface area contributed by atoms with Crippen LogP contribution in [-0.2, 0) is 0 Å². The van der Waals surface area contributed by atoms with E-state index in [1.165, 1.54) is 58.3 Å². The van der Waals surface area contributed by atoms with Crippen molar-refractivity contribution in [3.63, 3.8) is 0 Å². The van der Waals surface area contributed by atoms with E-state index in [2.05, 4.69) is 31.0 Å². The van der Waals surface area contributed by atoms with Crippen LogP contribution >= 0.6 is 0 Å². The molecule has 1 aliphatic rings. The van der Waals surface area contributed by atoms with Gasteiger partial charge in [-0.15, -0.1) is 0 Å². The minimum Gasteiger partial charge on any atom is -0.316 e. The molecule has 0 amide bonds. The molecular weight excluding hydrogens is 196 g/mol. The highest BCUT2D eigenvalue weighted by Crippen LogP contribution is 2.28. The van der Waals surface area contributed by atoms with Gasteiger partial charge in [0.1, 0.15) is 0 Å². The first-order chi connectivity index (χ1) is 7.76. The summed E-state index contributed by atoms with van der Waals surface area (Å²) in [7, 11) is 0. The second-order valence-electron chi connectivity index (χ2n) is 5.32. The zero-order valence-electron chi connectivity index (χ0n) is 11.5. The molecule has 1 N–H and O–H groups in total. The highest BCUT2D eigenvalue weighted by molar-refractivity contribution is 4.83. The highest BCUT2D eigenvalue weighted by atomic mass is 15.1. The molecule has 1 fully saturated rings. The molecule has 2 nitrogen and oxygen atoms in total. The quantitative estimate of drug-likeness (QED) is 0.718. The first-order valence-corrected chi connectivity index (χ1v) is 7.19.